The second-order valence-electron chi connectivity index (χ2n) is 9.71. The predicted octanol–water partition coefficient (Wildman–Crippen LogP) is 8.01. The first-order valence-electron chi connectivity index (χ1n) is 12.2. The van der Waals surface area contributed by atoms with E-state index in [4.69, 9.17) is 44.1 Å². The third kappa shape index (κ3) is 4.99. The Bertz CT molecular complexity index is 1440. The Labute approximate surface area is 229 Å². The number of rotatable bonds is 8. The number of aliphatic hydroxyl groups is 2. The summed E-state index contributed by atoms with van der Waals surface area (Å²) in [7, 11) is 0. The average Bonchev–Trinajstić information content (AvgIpc) is 3.81. The maximum atomic E-state index is 9.48. The molecule has 0 saturated heterocycles. The zero-order valence-electron chi connectivity index (χ0n) is 19.7. The summed E-state index contributed by atoms with van der Waals surface area (Å²) in [5.41, 5.74) is 4.74. The lowest BCUT2D eigenvalue weighted by atomic mass is 10.0. The van der Waals surface area contributed by atoms with Gasteiger partial charge in [-0.25, -0.2) is 0 Å². The van der Waals surface area contributed by atoms with Gasteiger partial charge in [0.05, 0.1) is 15.6 Å². The van der Waals surface area contributed by atoms with Crippen LogP contribution in [0.25, 0.3) is 11.3 Å². The molecule has 2 atom stereocenters. The van der Waals surface area contributed by atoms with Crippen LogP contribution in [0, 0.1) is 0 Å². The van der Waals surface area contributed by atoms with Gasteiger partial charge in [0.1, 0.15) is 23.8 Å². The van der Waals surface area contributed by atoms with Crippen molar-refractivity contribution in [3.05, 3.63) is 104 Å². The standard InChI is InChI=1S/C29H24Cl3NO4/c30-23-5-2-6-24(31)26(23)27-22(28(37-33-27)15-7-8-15)14-36-18-9-10-19(25(32)12-18)21-13-20(21)16-3-1-4-17(11-16)29(34)35/h1-6,9-12,15,20-21,29,34-35H,7-8,13-14H2. The van der Waals surface area contributed by atoms with Gasteiger partial charge in [-0.2, -0.15) is 0 Å². The summed E-state index contributed by atoms with van der Waals surface area (Å²) in [6.45, 7) is 0.254. The Hall–Kier alpha value is -2.54. The number of ether oxygens (including phenoxy) is 1. The summed E-state index contributed by atoms with van der Waals surface area (Å²) in [5.74, 6) is 2.38. The van der Waals surface area contributed by atoms with Gasteiger partial charge in [-0.05, 0) is 66.5 Å². The van der Waals surface area contributed by atoms with Crippen molar-refractivity contribution < 1.29 is 19.5 Å². The summed E-state index contributed by atoms with van der Waals surface area (Å²) in [5, 5.41) is 24.9. The second kappa shape index (κ2) is 9.97. The third-order valence-electron chi connectivity index (χ3n) is 7.15. The summed E-state index contributed by atoms with van der Waals surface area (Å²) >= 11 is 19.6. The minimum Gasteiger partial charge on any atom is -0.489 e. The molecule has 3 aromatic carbocycles. The molecule has 0 radical (unpaired) electrons. The molecular weight excluding hydrogens is 533 g/mol. The minimum absolute atomic E-state index is 0.254. The van der Waals surface area contributed by atoms with Gasteiger partial charge in [0.15, 0.2) is 6.29 Å². The fraction of sp³-hybridized carbons (Fsp3) is 0.276. The van der Waals surface area contributed by atoms with Crippen LogP contribution in [0.5, 0.6) is 5.75 Å². The lowest BCUT2D eigenvalue weighted by Crippen LogP contribution is -2.00. The summed E-state index contributed by atoms with van der Waals surface area (Å²) in [4.78, 5) is 0. The van der Waals surface area contributed by atoms with E-state index >= 15 is 0 Å². The molecule has 37 heavy (non-hydrogen) atoms. The first-order valence-corrected chi connectivity index (χ1v) is 13.3. The van der Waals surface area contributed by atoms with Crippen molar-refractivity contribution in [2.24, 2.45) is 0 Å². The molecule has 1 heterocycles. The molecule has 2 unspecified atom stereocenters. The normalized spacial score (nSPS) is 18.9. The monoisotopic (exact) mass is 555 g/mol. The summed E-state index contributed by atoms with van der Waals surface area (Å²) in [6, 6.07) is 18.6. The highest BCUT2D eigenvalue weighted by Crippen LogP contribution is 2.56. The Balaban J connectivity index is 1.20. The van der Waals surface area contributed by atoms with E-state index < -0.39 is 6.29 Å². The Kier molecular flexibility index (Phi) is 6.68. The number of hydrogen-bond acceptors (Lipinski definition) is 5. The zero-order chi connectivity index (χ0) is 25.7. The number of aliphatic hydroxyl groups excluding tert-OH is 1. The second-order valence-corrected chi connectivity index (χ2v) is 10.9. The third-order valence-corrected chi connectivity index (χ3v) is 8.11. The molecular formula is C29H24Cl3NO4. The van der Waals surface area contributed by atoms with Gasteiger partial charge in [0.2, 0.25) is 0 Å². The van der Waals surface area contributed by atoms with Gasteiger partial charge in [-0.1, -0.05) is 76.4 Å². The van der Waals surface area contributed by atoms with Crippen LogP contribution in [-0.2, 0) is 6.61 Å². The van der Waals surface area contributed by atoms with Crippen LogP contribution < -0.4 is 4.74 Å². The Morgan fingerprint density at radius 2 is 1.68 bits per heavy atom. The van der Waals surface area contributed by atoms with E-state index in [-0.39, 0.29) is 12.5 Å². The first kappa shape index (κ1) is 24.8. The Morgan fingerprint density at radius 3 is 2.38 bits per heavy atom. The number of halogens is 3. The van der Waals surface area contributed by atoms with Gasteiger partial charge < -0.3 is 19.5 Å². The molecule has 6 rings (SSSR count). The molecule has 2 fully saturated rings. The van der Waals surface area contributed by atoms with Crippen molar-refractivity contribution in [1.82, 2.24) is 5.16 Å². The zero-order valence-corrected chi connectivity index (χ0v) is 22.0. The number of nitrogens with zero attached hydrogens (tertiary/aromatic N) is 1. The van der Waals surface area contributed by atoms with Gasteiger partial charge in [-0.15, -0.1) is 0 Å². The lowest BCUT2D eigenvalue weighted by Gasteiger charge is -2.11. The van der Waals surface area contributed by atoms with Crippen LogP contribution in [-0.4, -0.2) is 15.4 Å². The van der Waals surface area contributed by atoms with Crippen LogP contribution in [0.1, 0.15) is 71.3 Å². The van der Waals surface area contributed by atoms with E-state index in [1.807, 2.05) is 36.4 Å². The van der Waals surface area contributed by atoms with Crippen LogP contribution in [0.4, 0.5) is 0 Å². The van der Waals surface area contributed by atoms with Crippen LogP contribution in [0.2, 0.25) is 15.1 Å². The number of hydrogen-bond donors (Lipinski definition) is 2. The molecule has 2 N–H and O–H groups in total. The highest BCUT2D eigenvalue weighted by Gasteiger charge is 2.41. The van der Waals surface area contributed by atoms with E-state index in [0.717, 1.165) is 41.7 Å². The fourth-order valence-electron chi connectivity index (χ4n) is 4.96. The number of aromatic nitrogens is 1. The van der Waals surface area contributed by atoms with Gasteiger partial charge in [0.25, 0.3) is 0 Å². The first-order chi connectivity index (χ1) is 17.9. The smallest absolute Gasteiger partial charge is 0.178 e. The van der Waals surface area contributed by atoms with Gasteiger partial charge >= 0.3 is 0 Å². The maximum Gasteiger partial charge on any atom is 0.178 e. The maximum absolute atomic E-state index is 9.48. The van der Waals surface area contributed by atoms with Gasteiger partial charge in [-0.3, -0.25) is 0 Å². The summed E-state index contributed by atoms with van der Waals surface area (Å²) < 4.78 is 11.9. The summed E-state index contributed by atoms with van der Waals surface area (Å²) in [6.07, 6.45) is 1.60. The van der Waals surface area contributed by atoms with Crippen molar-refractivity contribution in [3.8, 4) is 17.0 Å². The highest BCUT2D eigenvalue weighted by molar-refractivity contribution is 6.39. The van der Waals surface area contributed by atoms with Gasteiger partial charge in [0, 0.05) is 22.1 Å². The minimum atomic E-state index is -1.47. The lowest BCUT2D eigenvalue weighted by molar-refractivity contribution is -0.0425. The van der Waals surface area contributed by atoms with Crippen LogP contribution >= 0.6 is 34.8 Å². The molecule has 2 aliphatic rings. The van der Waals surface area contributed by atoms with E-state index in [2.05, 4.69) is 5.16 Å². The molecule has 2 saturated carbocycles. The highest BCUT2D eigenvalue weighted by atomic mass is 35.5. The molecule has 2 aliphatic carbocycles. The van der Waals surface area contributed by atoms with Crippen LogP contribution in [0.15, 0.2) is 65.2 Å². The van der Waals surface area contributed by atoms with E-state index in [9.17, 15) is 10.2 Å². The van der Waals surface area contributed by atoms with Crippen molar-refractivity contribution >= 4 is 34.8 Å². The molecule has 1 aromatic heterocycles. The SMILES string of the molecule is OC(O)c1cccc(C2CC2c2ccc(OCc3c(-c4c(Cl)cccc4Cl)noc3C3CC3)cc2Cl)c1. The largest absolute Gasteiger partial charge is 0.489 e. The average molecular weight is 557 g/mol. The van der Waals surface area contributed by atoms with Crippen molar-refractivity contribution in [1.29, 1.82) is 0 Å². The molecule has 8 heteroatoms. The number of benzene rings is 3. The topological polar surface area (TPSA) is 75.7 Å². The molecule has 0 spiro atoms. The predicted molar refractivity (Wildman–Crippen MR) is 143 cm³/mol. The molecule has 0 aliphatic heterocycles. The van der Waals surface area contributed by atoms with E-state index in [1.54, 1.807) is 24.3 Å². The molecule has 4 aromatic rings. The van der Waals surface area contributed by atoms with Crippen molar-refractivity contribution in [2.45, 2.75) is 49.9 Å². The fourth-order valence-corrected chi connectivity index (χ4v) is 5.85. The molecule has 0 bridgehead atoms. The molecule has 0 amide bonds. The Morgan fingerprint density at radius 1 is 0.919 bits per heavy atom. The van der Waals surface area contributed by atoms with E-state index in [1.165, 1.54) is 0 Å². The molecule has 5 nitrogen and oxygen atoms in total. The van der Waals surface area contributed by atoms with Crippen LogP contribution in [0.3, 0.4) is 0 Å². The van der Waals surface area contributed by atoms with Crippen molar-refractivity contribution in [3.63, 3.8) is 0 Å². The molecule has 190 valence electrons. The quantitative estimate of drug-likeness (QED) is 0.215. The van der Waals surface area contributed by atoms with Crippen molar-refractivity contribution in [2.75, 3.05) is 0 Å². The van der Waals surface area contributed by atoms with E-state index in [0.29, 0.717) is 49.5 Å².